The summed E-state index contributed by atoms with van der Waals surface area (Å²) in [5.74, 6) is -2.49. The summed E-state index contributed by atoms with van der Waals surface area (Å²) in [6.45, 7) is 5.41. The fourth-order valence-corrected chi connectivity index (χ4v) is 5.42. The minimum absolute atomic E-state index is 0.0201. The number of nitrogens with one attached hydrogen (secondary N) is 1. The highest BCUT2D eigenvalue weighted by Gasteiger charge is 2.39. The number of ketones is 1. The first kappa shape index (κ1) is 28.7. The fraction of sp³-hybridized carbons (Fsp3) is 0.355. The predicted molar refractivity (Wildman–Crippen MR) is 145 cm³/mol. The molecule has 40 heavy (non-hydrogen) atoms. The van der Waals surface area contributed by atoms with E-state index < -0.39 is 17.9 Å². The Kier molecular flexibility index (Phi) is 9.12. The normalized spacial score (nSPS) is 18.1. The van der Waals surface area contributed by atoms with Crippen molar-refractivity contribution in [1.82, 2.24) is 10.2 Å². The maximum Gasteiger partial charge on any atom is 0.336 e. The van der Waals surface area contributed by atoms with E-state index in [1.54, 1.807) is 38.1 Å². The SMILES string of the molecule is COC(=O)C1=C(C)NC(C)=C(C(=O)OCCN2CCC(C(=O)c3ccc(F)cc3)CC2)C1c1ccccc1C#N. The number of dihydropyridines is 1. The molecular formula is C31H32FN3O5. The number of ether oxygens (including phenoxy) is 2. The number of Topliss-reactive ketones (excluding diaryl/α,β-unsaturated/α-hetero) is 1. The molecule has 4 rings (SSSR count). The largest absolute Gasteiger partial charge is 0.466 e. The molecule has 2 aliphatic heterocycles. The van der Waals surface area contributed by atoms with Gasteiger partial charge in [0.1, 0.15) is 12.4 Å². The Balaban J connectivity index is 1.42. The second kappa shape index (κ2) is 12.7. The number of hydrogen-bond donors (Lipinski definition) is 1. The van der Waals surface area contributed by atoms with Crippen LogP contribution in [0.5, 0.6) is 0 Å². The number of allylic oxidation sites excluding steroid dienone is 2. The average molecular weight is 546 g/mol. The molecule has 208 valence electrons. The van der Waals surface area contributed by atoms with E-state index in [4.69, 9.17) is 9.47 Å². The Morgan fingerprint density at radius 3 is 2.25 bits per heavy atom. The number of piperidine rings is 1. The fourth-order valence-electron chi connectivity index (χ4n) is 5.42. The van der Waals surface area contributed by atoms with Crippen molar-refractivity contribution >= 4 is 17.7 Å². The van der Waals surface area contributed by atoms with Crippen molar-refractivity contribution in [2.45, 2.75) is 32.6 Å². The summed E-state index contributed by atoms with van der Waals surface area (Å²) >= 11 is 0. The van der Waals surface area contributed by atoms with Crippen molar-refractivity contribution in [3.05, 3.63) is 93.6 Å². The quantitative estimate of drug-likeness (QED) is 0.388. The zero-order valence-electron chi connectivity index (χ0n) is 22.8. The summed E-state index contributed by atoms with van der Waals surface area (Å²) in [6, 6.07) is 14.6. The molecule has 0 aromatic heterocycles. The molecule has 1 N–H and O–H groups in total. The smallest absolute Gasteiger partial charge is 0.336 e. The van der Waals surface area contributed by atoms with E-state index in [0.29, 0.717) is 60.6 Å². The van der Waals surface area contributed by atoms with Gasteiger partial charge in [-0.15, -0.1) is 0 Å². The molecule has 2 aromatic rings. The van der Waals surface area contributed by atoms with Crippen LogP contribution < -0.4 is 5.32 Å². The number of nitriles is 1. The van der Waals surface area contributed by atoms with Crippen molar-refractivity contribution in [1.29, 1.82) is 5.26 Å². The zero-order chi connectivity index (χ0) is 28.8. The molecule has 1 atom stereocenters. The molecule has 2 aromatic carbocycles. The van der Waals surface area contributed by atoms with Crippen molar-refractivity contribution in [3.63, 3.8) is 0 Å². The maximum absolute atomic E-state index is 13.5. The van der Waals surface area contributed by atoms with Crippen molar-refractivity contribution in [2.75, 3.05) is 33.4 Å². The third kappa shape index (κ3) is 6.13. The highest BCUT2D eigenvalue weighted by Crippen LogP contribution is 2.40. The molecule has 9 heteroatoms. The Labute approximate surface area is 233 Å². The average Bonchev–Trinajstić information content (AvgIpc) is 2.96. The number of halogens is 1. The van der Waals surface area contributed by atoms with Gasteiger partial charge in [0, 0.05) is 29.4 Å². The van der Waals surface area contributed by atoms with Crippen LogP contribution in [0.4, 0.5) is 4.39 Å². The van der Waals surface area contributed by atoms with Gasteiger partial charge in [0.05, 0.1) is 35.8 Å². The number of nitrogens with zero attached hydrogens (tertiary/aromatic N) is 2. The summed E-state index contributed by atoms with van der Waals surface area (Å²) in [5.41, 5.74) is 2.95. The van der Waals surface area contributed by atoms with Gasteiger partial charge in [-0.05, 0) is 75.7 Å². The number of carbonyl (C=O) groups excluding carboxylic acids is 3. The summed E-state index contributed by atoms with van der Waals surface area (Å²) in [4.78, 5) is 41.2. The lowest BCUT2D eigenvalue weighted by molar-refractivity contribution is -0.140. The van der Waals surface area contributed by atoms with E-state index in [0.717, 1.165) is 0 Å². The van der Waals surface area contributed by atoms with E-state index in [1.807, 2.05) is 0 Å². The van der Waals surface area contributed by atoms with E-state index in [2.05, 4.69) is 16.3 Å². The van der Waals surface area contributed by atoms with Gasteiger partial charge >= 0.3 is 11.9 Å². The number of hydrogen-bond acceptors (Lipinski definition) is 8. The van der Waals surface area contributed by atoms with E-state index in [9.17, 15) is 24.0 Å². The number of carbonyl (C=O) groups is 3. The molecular weight excluding hydrogens is 513 g/mol. The second-order valence-corrected chi connectivity index (χ2v) is 9.95. The van der Waals surface area contributed by atoms with Crippen LogP contribution in [-0.4, -0.2) is 56.0 Å². The van der Waals surface area contributed by atoms with Gasteiger partial charge in [-0.3, -0.25) is 9.69 Å². The van der Waals surface area contributed by atoms with Crippen LogP contribution in [0.3, 0.4) is 0 Å². The number of benzene rings is 2. The first-order valence-corrected chi connectivity index (χ1v) is 13.2. The summed E-state index contributed by atoms with van der Waals surface area (Å²) in [5, 5.41) is 12.8. The topological polar surface area (TPSA) is 109 Å². The summed E-state index contributed by atoms with van der Waals surface area (Å²) < 4.78 is 23.9. The molecule has 0 spiro atoms. The Morgan fingerprint density at radius 2 is 1.62 bits per heavy atom. The lowest BCUT2D eigenvalue weighted by Crippen LogP contribution is -2.39. The number of methoxy groups -OCH3 is 1. The molecule has 1 saturated heterocycles. The van der Waals surface area contributed by atoms with Gasteiger partial charge in [0.2, 0.25) is 0 Å². The van der Waals surface area contributed by atoms with Gasteiger partial charge in [0.25, 0.3) is 0 Å². The Morgan fingerprint density at radius 1 is 1.00 bits per heavy atom. The summed E-state index contributed by atoms with van der Waals surface area (Å²) in [6.07, 6.45) is 1.33. The van der Waals surface area contributed by atoms with Gasteiger partial charge in [0.15, 0.2) is 5.78 Å². The highest BCUT2D eigenvalue weighted by molar-refractivity contribution is 6.00. The predicted octanol–water partition coefficient (Wildman–Crippen LogP) is 4.24. The van der Waals surface area contributed by atoms with Crippen LogP contribution in [-0.2, 0) is 19.1 Å². The van der Waals surface area contributed by atoms with E-state index in [-0.39, 0.29) is 35.3 Å². The standard InChI is InChI=1S/C31H32FN3O5/c1-19-26(30(37)39-3)28(25-7-5-4-6-23(25)18-33)27(20(2)34-19)31(38)40-17-16-35-14-12-22(13-15-35)29(36)21-8-10-24(32)11-9-21/h4-11,22,28,34H,12-17H2,1-3H3. The lowest BCUT2D eigenvalue weighted by Gasteiger charge is -2.32. The number of likely N-dealkylation sites (tertiary alicyclic amines) is 1. The van der Waals surface area contributed by atoms with Gasteiger partial charge in [-0.1, -0.05) is 18.2 Å². The molecule has 0 bridgehead atoms. The van der Waals surface area contributed by atoms with E-state index in [1.165, 1.54) is 31.4 Å². The van der Waals surface area contributed by atoms with Crippen LogP contribution in [0, 0.1) is 23.1 Å². The third-order valence-corrected chi connectivity index (χ3v) is 7.51. The highest BCUT2D eigenvalue weighted by atomic mass is 19.1. The molecule has 1 fully saturated rings. The number of rotatable bonds is 8. The zero-order valence-corrected chi connectivity index (χ0v) is 22.8. The molecule has 2 heterocycles. The van der Waals surface area contributed by atoms with Gasteiger partial charge in [-0.2, -0.15) is 5.26 Å². The lowest BCUT2D eigenvalue weighted by atomic mass is 9.79. The second-order valence-electron chi connectivity index (χ2n) is 9.95. The minimum Gasteiger partial charge on any atom is -0.466 e. The van der Waals surface area contributed by atoms with Crippen LogP contribution >= 0.6 is 0 Å². The third-order valence-electron chi connectivity index (χ3n) is 7.51. The van der Waals surface area contributed by atoms with E-state index >= 15 is 0 Å². The van der Waals surface area contributed by atoms with Crippen LogP contribution in [0.2, 0.25) is 0 Å². The van der Waals surface area contributed by atoms with Crippen molar-refractivity contribution < 1.29 is 28.2 Å². The first-order valence-electron chi connectivity index (χ1n) is 13.2. The molecule has 1 unspecified atom stereocenters. The number of esters is 2. The molecule has 0 radical (unpaired) electrons. The van der Waals surface area contributed by atoms with Crippen molar-refractivity contribution in [2.24, 2.45) is 5.92 Å². The molecule has 0 saturated carbocycles. The van der Waals surface area contributed by atoms with Crippen LogP contribution in [0.1, 0.15) is 54.1 Å². The van der Waals surface area contributed by atoms with Crippen LogP contribution in [0.15, 0.2) is 71.1 Å². The maximum atomic E-state index is 13.5. The van der Waals surface area contributed by atoms with Gasteiger partial charge < -0.3 is 14.8 Å². The molecule has 0 aliphatic carbocycles. The van der Waals surface area contributed by atoms with Gasteiger partial charge in [-0.25, -0.2) is 14.0 Å². The molecule has 2 aliphatic rings. The summed E-state index contributed by atoms with van der Waals surface area (Å²) in [7, 11) is 1.27. The van der Waals surface area contributed by atoms with Crippen molar-refractivity contribution in [3.8, 4) is 6.07 Å². The molecule has 8 nitrogen and oxygen atoms in total. The minimum atomic E-state index is -0.828. The Hall–Kier alpha value is -4.29. The van der Waals surface area contributed by atoms with Crippen LogP contribution in [0.25, 0.3) is 0 Å². The monoisotopic (exact) mass is 545 g/mol. The molecule has 0 amide bonds. The Bertz CT molecular complexity index is 1400. The first-order chi connectivity index (χ1) is 19.2.